The lowest BCUT2D eigenvalue weighted by Gasteiger charge is -2.13. The lowest BCUT2D eigenvalue weighted by atomic mass is 9.89. The van der Waals surface area contributed by atoms with Gasteiger partial charge in [-0.25, -0.2) is 0 Å². The second kappa shape index (κ2) is 8.66. The van der Waals surface area contributed by atoms with Gasteiger partial charge in [0.05, 0.1) is 0 Å². The second-order valence-corrected chi connectivity index (χ2v) is 12.6. The van der Waals surface area contributed by atoms with Gasteiger partial charge in [-0.15, -0.1) is 0 Å². The normalized spacial score (nSPS) is 16.1. The number of hydrogen-bond acceptors (Lipinski definition) is 1. The van der Waals surface area contributed by atoms with E-state index >= 15 is 0 Å². The van der Waals surface area contributed by atoms with E-state index in [0.29, 0.717) is 0 Å². The van der Waals surface area contributed by atoms with Crippen LogP contribution < -0.4 is 0 Å². The van der Waals surface area contributed by atoms with Crippen molar-refractivity contribution < 1.29 is 5.11 Å². The maximum absolute atomic E-state index is 11.2. The van der Waals surface area contributed by atoms with Crippen molar-refractivity contribution in [2.45, 2.75) is 19.4 Å². The Morgan fingerprint density at radius 2 is 1.23 bits per heavy atom. The second-order valence-electron chi connectivity index (χ2n) is 12.6. The van der Waals surface area contributed by atoms with Crippen LogP contribution in [0.3, 0.4) is 0 Å². The summed E-state index contributed by atoms with van der Waals surface area (Å²) in [6.07, 6.45) is 2.47. The topological polar surface area (TPSA) is 20.2 Å². The largest absolute Gasteiger partial charge is 0.384 e. The number of aryl methyl sites for hydroxylation is 1. The van der Waals surface area contributed by atoms with Gasteiger partial charge in [0.2, 0.25) is 0 Å². The summed E-state index contributed by atoms with van der Waals surface area (Å²) in [5.74, 6) is 0. The van der Waals surface area contributed by atoms with E-state index in [1.165, 1.54) is 92.5 Å². The van der Waals surface area contributed by atoms with Crippen molar-refractivity contribution in [2.75, 3.05) is 0 Å². The van der Waals surface area contributed by atoms with Gasteiger partial charge in [0.15, 0.2) is 0 Å². The Bertz CT molecular complexity index is 2640. The molecule has 1 heteroatoms. The smallest absolute Gasteiger partial charge is 0.101 e. The summed E-state index contributed by atoms with van der Waals surface area (Å²) < 4.78 is 0. The van der Waals surface area contributed by atoms with Crippen LogP contribution in [0.25, 0.3) is 81.8 Å². The SMILES string of the molecule is Cc1cc2c(-c3ccccc3)c3c4cccc5c(/C=C6/Cc7ccccc7C6O)ccc(c54)c3c3c4ccccc4c(c1)c23. The first-order valence-electron chi connectivity index (χ1n) is 15.5. The van der Waals surface area contributed by atoms with Crippen LogP contribution in [-0.4, -0.2) is 5.11 Å². The highest BCUT2D eigenvalue weighted by molar-refractivity contribution is 6.48. The third-order valence-corrected chi connectivity index (χ3v) is 10.2. The molecule has 1 unspecified atom stereocenters. The first kappa shape index (κ1) is 24.2. The van der Waals surface area contributed by atoms with Crippen molar-refractivity contribution in [1.29, 1.82) is 0 Å². The fraction of sp³-hybridized carbons (Fsp3) is 0.0698. The van der Waals surface area contributed by atoms with Crippen molar-refractivity contribution >= 4 is 70.7 Å². The highest BCUT2D eigenvalue weighted by Crippen LogP contribution is 2.53. The third-order valence-electron chi connectivity index (χ3n) is 10.2. The minimum absolute atomic E-state index is 0.555. The first-order valence-corrected chi connectivity index (χ1v) is 15.5. The highest BCUT2D eigenvalue weighted by Gasteiger charge is 2.27. The van der Waals surface area contributed by atoms with Crippen LogP contribution >= 0.6 is 0 Å². The van der Waals surface area contributed by atoms with Crippen LogP contribution in [0, 0.1) is 6.92 Å². The zero-order chi connectivity index (χ0) is 29.1. The Balaban J connectivity index is 1.40. The minimum Gasteiger partial charge on any atom is -0.384 e. The van der Waals surface area contributed by atoms with E-state index in [0.717, 1.165) is 17.6 Å². The minimum atomic E-state index is -0.555. The van der Waals surface area contributed by atoms with Crippen LogP contribution in [0.1, 0.15) is 28.4 Å². The Morgan fingerprint density at radius 3 is 2.09 bits per heavy atom. The quantitative estimate of drug-likeness (QED) is 0.223. The number of benzene rings is 7. The lowest BCUT2D eigenvalue weighted by molar-refractivity contribution is 0.222. The fourth-order valence-electron chi connectivity index (χ4n) is 8.40. The number of aliphatic hydroxyl groups is 1. The van der Waals surface area contributed by atoms with Gasteiger partial charge in [0.1, 0.15) is 6.10 Å². The molecule has 1 nitrogen and oxygen atoms in total. The number of aliphatic hydroxyl groups excluding tert-OH is 1. The summed E-state index contributed by atoms with van der Waals surface area (Å²) in [5, 5.41) is 27.1. The van der Waals surface area contributed by atoms with Crippen LogP contribution in [0.4, 0.5) is 0 Å². The Labute approximate surface area is 255 Å². The van der Waals surface area contributed by atoms with Gasteiger partial charge in [-0.3, -0.25) is 0 Å². The standard InChI is InChI=1S/C43H28O/c1-24-20-35-31-14-7-8-15-32(31)40-39(35)36(21-24)37(25-10-3-2-4-11-25)41-33-17-9-16-29-27(18-19-34(38(29)33)42(40)41)23-28-22-26-12-5-6-13-30(26)43(28)44/h2-21,23,43-44H,22H2,1H3/b28-23-. The summed E-state index contributed by atoms with van der Waals surface area (Å²) in [5.41, 5.74) is 8.33. The fourth-order valence-corrected chi connectivity index (χ4v) is 8.40. The molecule has 44 heavy (non-hydrogen) atoms. The molecule has 1 atom stereocenters. The predicted octanol–water partition coefficient (Wildman–Crippen LogP) is 11.1. The van der Waals surface area contributed by atoms with Crippen molar-refractivity contribution in [3.05, 3.63) is 149 Å². The van der Waals surface area contributed by atoms with E-state index in [9.17, 15) is 5.11 Å². The van der Waals surface area contributed by atoms with E-state index < -0.39 is 6.10 Å². The molecule has 0 saturated heterocycles. The van der Waals surface area contributed by atoms with Gasteiger partial charge in [-0.1, -0.05) is 127 Å². The average molecular weight is 561 g/mol. The molecule has 0 heterocycles. The summed E-state index contributed by atoms with van der Waals surface area (Å²) >= 11 is 0. The molecule has 206 valence electrons. The summed E-state index contributed by atoms with van der Waals surface area (Å²) in [6.45, 7) is 2.23. The van der Waals surface area contributed by atoms with Crippen molar-refractivity contribution in [3.63, 3.8) is 0 Å². The number of rotatable bonds is 2. The van der Waals surface area contributed by atoms with Crippen molar-refractivity contribution in [2.24, 2.45) is 0 Å². The zero-order valence-corrected chi connectivity index (χ0v) is 24.4. The molecular formula is C43H28O. The molecule has 0 fully saturated rings. The van der Waals surface area contributed by atoms with Crippen LogP contribution in [0.2, 0.25) is 0 Å². The monoisotopic (exact) mass is 560 g/mol. The van der Waals surface area contributed by atoms with Gasteiger partial charge in [-0.2, -0.15) is 0 Å². The molecule has 0 radical (unpaired) electrons. The Hall–Kier alpha value is -5.24. The predicted molar refractivity (Wildman–Crippen MR) is 187 cm³/mol. The maximum atomic E-state index is 11.2. The lowest BCUT2D eigenvalue weighted by Crippen LogP contribution is -1.94. The van der Waals surface area contributed by atoms with Gasteiger partial charge in [-0.05, 0) is 117 Å². The van der Waals surface area contributed by atoms with Crippen molar-refractivity contribution in [1.82, 2.24) is 0 Å². The molecule has 0 bridgehead atoms. The Kier molecular flexibility index (Phi) is 4.77. The van der Waals surface area contributed by atoms with Crippen LogP contribution in [0.15, 0.2) is 127 Å². The van der Waals surface area contributed by atoms with Gasteiger partial charge in [0.25, 0.3) is 0 Å². The molecule has 0 amide bonds. The first-order chi connectivity index (χ1) is 21.7. The van der Waals surface area contributed by atoms with E-state index in [1.807, 2.05) is 6.07 Å². The molecule has 1 N–H and O–H groups in total. The summed E-state index contributed by atoms with van der Waals surface area (Å²) in [4.78, 5) is 0. The van der Waals surface area contributed by atoms with Gasteiger partial charge >= 0.3 is 0 Å². The molecule has 0 aromatic heterocycles. The molecule has 1 aliphatic rings. The highest BCUT2D eigenvalue weighted by atomic mass is 16.3. The molecule has 0 saturated carbocycles. The number of hydrogen-bond donors (Lipinski definition) is 1. The molecule has 1 aliphatic carbocycles. The molecule has 9 aromatic rings. The molecule has 0 aliphatic heterocycles. The van der Waals surface area contributed by atoms with Crippen LogP contribution in [-0.2, 0) is 6.42 Å². The Morgan fingerprint density at radius 1 is 0.545 bits per heavy atom. The summed E-state index contributed by atoms with van der Waals surface area (Å²) in [6, 6.07) is 44.3. The van der Waals surface area contributed by atoms with Gasteiger partial charge < -0.3 is 5.11 Å². The molecule has 9 aromatic carbocycles. The average Bonchev–Trinajstić information content (AvgIpc) is 3.68. The molecule has 0 spiro atoms. The third kappa shape index (κ3) is 3.07. The van der Waals surface area contributed by atoms with Crippen LogP contribution in [0.5, 0.6) is 0 Å². The van der Waals surface area contributed by atoms with E-state index in [-0.39, 0.29) is 0 Å². The van der Waals surface area contributed by atoms with Crippen molar-refractivity contribution in [3.8, 4) is 11.1 Å². The molecule has 10 rings (SSSR count). The van der Waals surface area contributed by atoms with Gasteiger partial charge in [0, 0.05) is 0 Å². The number of fused-ring (bicyclic) bond motifs is 8. The van der Waals surface area contributed by atoms with E-state index in [2.05, 4.69) is 128 Å². The zero-order valence-electron chi connectivity index (χ0n) is 24.4. The maximum Gasteiger partial charge on any atom is 0.101 e. The summed E-state index contributed by atoms with van der Waals surface area (Å²) in [7, 11) is 0. The van der Waals surface area contributed by atoms with E-state index in [1.54, 1.807) is 0 Å². The molecular weight excluding hydrogens is 532 g/mol. The van der Waals surface area contributed by atoms with E-state index in [4.69, 9.17) is 0 Å².